The van der Waals surface area contributed by atoms with Crippen LogP contribution in [0.2, 0.25) is 0 Å². The van der Waals surface area contributed by atoms with Gasteiger partial charge in [0.05, 0.1) is 24.8 Å². The Bertz CT molecular complexity index is 2840. The summed E-state index contributed by atoms with van der Waals surface area (Å²) in [5, 5.41) is 87.6. The molecule has 9 rings (SSSR count). The van der Waals surface area contributed by atoms with Gasteiger partial charge in [-0.2, -0.15) is 0 Å². The Morgan fingerprint density at radius 3 is 2.49 bits per heavy atom. The van der Waals surface area contributed by atoms with Crippen molar-refractivity contribution in [3.8, 4) is 34.5 Å². The van der Waals surface area contributed by atoms with Gasteiger partial charge in [-0.3, -0.25) is 10.4 Å². The van der Waals surface area contributed by atoms with Crippen LogP contribution in [-0.2, 0) is 29.0 Å². The molecule has 7 atom stereocenters. The number of nitrogens with two attached hydrogens (primary N) is 2. The quantitative estimate of drug-likeness (QED) is 0.0774. The van der Waals surface area contributed by atoms with E-state index in [4.69, 9.17) is 34.8 Å². The number of phenolic OH excluding ortho intramolecular Hbond substituents is 2. The first kappa shape index (κ1) is 44.6. The average Bonchev–Trinajstić information content (AvgIpc) is 3.98. The number of rotatable bonds is 15. The molecular formula is C48H47N6O13+. The van der Waals surface area contributed by atoms with Gasteiger partial charge in [0.2, 0.25) is 12.0 Å². The number of ether oxygens (including phenoxy) is 5. The third-order valence-electron chi connectivity index (χ3n) is 12.2. The molecule has 346 valence electrons. The number of hydrogen-bond acceptors (Lipinski definition) is 16. The van der Waals surface area contributed by atoms with Gasteiger partial charge in [0.1, 0.15) is 65.1 Å². The number of hydrogen-bond donors (Lipinski definition) is 9. The fourth-order valence-corrected chi connectivity index (χ4v) is 9.05. The number of aliphatic hydroxyl groups is 4. The summed E-state index contributed by atoms with van der Waals surface area (Å²) in [6, 6.07) is 16.2. The Hall–Kier alpha value is -7.58. The van der Waals surface area contributed by atoms with Crippen LogP contribution in [0.4, 0.5) is 5.82 Å². The number of fused-ring (bicyclic) bond motifs is 3. The van der Waals surface area contributed by atoms with E-state index in [0.717, 1.165) is 11.3 Å². The van der Waals surface area contributed by atoms with E-state index in [1.807, 2.05) is 13.0 Å². The molecule has 1 saturated heterocycles. The summed E-state index contributed by atoms with van der Waals surface area (Å²) in [6.07, 6.45) is 2.35. The molecule has 4 aromatic rings. The van der Waals surface area contributed by atoms with Crippen molar-refractivity contribution in [3.05, 3.63) is 125 Å². The Balaban J connectivity index is 1.09. The third kappa shape index (κ3) is 8.44. The maximum absolute atomic E-state index is 13.2. The normalized spacial score (nSPS) is 25.9. The number of nitrogen functional groups attached to an aromatic ring is 1. The van der Waals surface area contributed by atoms with Crippen molar-refractivity contribution < 1.29 is 69.6 Å². The minimum absolute atomic E-state index is 0.0276. The molecule has 0 spiro atoms. The zero-order valence-corrected chi connectivity index (χ0v) is 35.9. The van der Waals surface area contributed by atoms with Gasteiger partial charge in [-0.05, 0) is 88.6 Å². The molecule has 19 nitrogen and oxygen atoms in total. The van der Waals surface area contributed by atoms with Gasteiger partial charge in [0, 0.05) is 30.8 Å². The van der Waals surface area contributed by atoms with Crippen molar-refractivity contribution in [3.63, 3.8) is 0 Å². The summed E-state index contributed by atoms with van der Waals surface area (Å²) in [7, 11) is 0. The molecule has 5 heterocycles. The van der Waals surface area contributed by atoms with E-state index in [9.17, 15) is 40.5 Å². The standard InChI is InChI=1S/C48H46N6O13/c1-2-24-13-26(16-30(55)15-24)22-64-42-36(19-35-39(41(42)57)33(56)18-34(65-35)27-3-6-31(7-4-27)63-12-10-29-5-8-37(49)54-29)66-46-47(61)20-28(14-25-9-11-52-38(50)17-25)40(32-21-51-23-53-32)48(62,45(47)60)43(67-46)44(58)59/h3-9,11,13,15-20,23,34,40,43,45-46,49,55-57,60-62H,2,10,12,14,21-22H2,1H3,(H2,50,52)(H,58,59)/p+1/t34?,40-,43-,45+,46-,47-,48-/m1/s1. The molecule has 67 heavy (non-hydrogen) atoms. The number of aliphatic hydroxyl groups excluding tert-OH is 2. The van der Waals surface area contributed by atoms with Gasteiger partial charge in [-0.1, -0.05) is 30.7 Å². The molecule has 1 aromatic heterocycles. The van der Waals surface area contributed by atoms with Gasteiger partial charge >= 0.3 is 11.8 Å². The van der Waals surface area contributed by atoms with Gasteiger partial charge in [-0.25, -0.2) is 14.8 Å². The van der Waals surface area contributed by atoms with Crippen LogP contribution in [0.3, 0.4) is 0 Å². The zero-order valence-electron chi connectivity index (χ0n) is 35.9. The predicted molar refractivity (Wildman–Crippen MR) is 242 cm³/mol. The molecular weight excluding hydrogens is 869 g/mol. The van der Waals surface area contributed by atoms with E-state index in [-0.39, 0.29) is 53.7 Å². The average molecular weight is 916 g/mol. The van der Waals surface area contributed by atoms with Crippen molar-refractivity contribution in [1.29, 1.82) is 0 Å². The van der Waals surface area contributed by atoms with Crippen LogP contribution in [0.25, 0.3) is 5.76 Å². The van der Waals surface area contributed by atoms with Gasteiger partial charge in [-0.15, -0.1) is 0 Å². The highest BCUT2D eigenvalue weighted by Crippen LogP contribution is 2.54. The number of amidine groups is 1. The van der Waals surface area contributed by atoms with E-state index >= 15 is 0 Å². The Labute approximate surface area is 382 Å². The smallest absolute Gasteiger partial charge is 0.336 e. The molecule has 0 radical (unpaired) electrons. The number of aromatic nitrogens is 1. The van der Waals surface area contributed by atoms with Crippen molar-refractivity contribution in [2.75, 3.05) is 18.9 Å². The highest BCUT2D eigenvalue weighted by molar-refractivity contribution is 6.13. The number of benzene rings is 3. The summed E-state index contributed by atoms with van der Waals surface area (Å²) in [5.74, 6) is -3.91. The number of anilines is 1. The topological polar surface area (TPSA) is 306 Å². The lowest BCUT2D eigenvalue weighted by atomic mass is 9.60. The fourth-order valence-electron chi connectivity index (χ4n) is 9.05. The number of pyridine rings is 1. The second-order valence-electron chi connectivity index (χ2n) is 16.7. The second kappa shape index (κ2) is 17.7. The first-order valence-corrected chi connectivity index (χ1v) is 21.3. The molecule has 19 heteroatoms. The number of aryl methyl sites for hydroxylation is 1. The summed E-state index contributed by atoms with van der Waals surface area (Å²) in [4.78, 5) is 29.8. The van der Waals surface area contributed by atoms with Crippen LogP contribution in [-0.4, -0.2) is 113 Å². The number of carboxylic acids is 1. The van der Waals surface area contributed by atoms with Crippen molar-refractivity contribution in [1.82, 2.24) is 4.98 Å². The minimum atomic E-state index is -2.75. The van der Waals surface area contributed by atoms with E-state index < -0.39 is 70.7 Å². The third-order valence-corrected chi connectivity index (χ3v) is 12.2. The highest BCUT2D eigenvalue weighted by Gasteiger charge is 2.71. The fraction of sp³-hybridized carbons (Fsp3) is 0.292. The van der Waals surface area contributed by atoms with Crippen molar-refractivity contribution >= 4 is 41.1 Å². The molecule has 1 aliphatic carbocycles. The van der Waals surface area contributed by atoms with E-state index in [1.54, 1.807) is 54.6 Å². The Morgan fingerprint density at radius 1 is 1.00 bits per heavy atom. The predicted octanol–water partition coefficient (Wildman–Crippen LogP) is 2.48. The van der Waals surface area contributed by atoms with Gasteiger partial charge < -0.3 is 65.2 Å². The molecule has 5 aliphatic rings. The van der Waals surface area contributed by atoms with Crippen molar-refractivity contribution in [2.45, 2.75) is 68.6 Å². The molecule has 1 fully saturated rings. The molecule has 1 unspecified atom stereocenters. The maximum Gasteiger partial charge on any atom is 0.336 e. The van der Waals surface area contributed by atoms with Crippen LogP contribution >= 0.6 is 0 Å². The van der Waals surface area contributed by atoms with Crippen LogP contribution in [0.5, 0.6) is 34.5 Å². The largest absolute Gasteiger partial charge is 0.508 e. The van der Waals surface area contributed by atoms with E-state index in [2.05, 4.69) is 20.0 Å². The molecule has 2 bridgehead atoms. The first-order valence-electron chi connectivity index (χ1n) is 21.3. The lowest BCUT2D eigenvalue weighted by Crippen LogP contribution is -2.79. The van der Waals surface area contributed by atoms with Crippen LogP contribution in [0.1, 0.15) is 47.3 Å². The minimum Gasteiger partial charge on any atom is -0.508 e. The number of aromatic hydroxyl groups is 2. The van der Waals surface area contributed by atoms with Crippen LogP contribution < -0.4 is 30.1 Å². The highest BCUT2D eigenvalue weighted by atomic mass is 16.7. The van der Waals surface area contributed by atoms with Crippen molar-refractivity contribution in [2.24, 2.45) is 20.9 Å². The van der Waals surface area contributed by atoms with E-state index in [1.165, 1.54) is 36.8 Å². The Kier molecular flexibility index (Phi) is 11.8. The van der Waals surface area contributed by atoms with Crippen LogP contribution in [0.15, 0.2) is 112 Å². The van der Waals surface area contributed by atoms with E-state index in [0.29, 0.717) is 47.7 Å². The molecule has 4 aliphatic heterocycles. The van der Waals surface area contributed by atoms with Gasteiger partial charge in [0.25, 0.3) is 0 Å². The Morgan fingerprint density at radius 2 is 1.79 bits per heavy atom. The number of carboxylic acid groups (broad SMARTS) is 1. The van der Waals surface area contributed by atoms with Crippen LogP contribution in [0, 0.1) is 5.92 Å². The monoisotopic (exact) mass is 915 g/mol. The number of phenols is 2. The number of nitrogens with zero attached hydrogens (tertiary/aromatic N) is 4. The number of carbonyl (C=O) groups is 1. The number of allylic oxidation sites excluding steroid dienone is 1. The molecule has 0 amide bonds. The summed E-state index contributed by atoms with van der Waals surface area (Å²) in [6.45, 7) is 1.92. The SMILES string of the molecule is CCc1cc(O)cc(COc2c(O[C@@H]3O[C@H](C(=O)O)[C@]4(O)[C@@H](C5=NC=NC5)C(Cc5ccnc(N)c5)=C[C@@]3(O)[C@@H]4O)cc3c(c2O)C(O)=CC(c2ccc(OCCC4=NC(=[NH2+])C=C4)cc2)O3)c1. The number of aliphatic imine (C=N–C) groups is 3. The molecule has 0 saturated carbocycles. The zero-order chi connectivity index (χ0) is 47.2. The number of aliphatic carboxylic acids is 1. The molecule has 11 N–H and O–H groups in total. The molecule has 3 aromatic carbocycles. The summed E-state index contributed by atoms with van der Waals surface area (Å²) < 4.78 is 30.7. The lowest BCUT2D eigenvalue weighted by molar-refractivity contribution is -0.338. The lowest BCUT2D eigenvalue weighted by Gasteiger charge is -2.57. The summed E-state index contributed by atoms with van der Waals surface area (Å²) in [5.41, 5.74) is 4.00. The summed E-state index contributed by atoms with van der Waals surface area (Å²) >= 11 is 0. The maximum atomic E-state index is 13.2. The second-order valence-corrected chi connectivity index (χ2v) is 16.7. The first-order chi connectivity index (χ1) is 32.1. The van der Waals surface area contributed by atoms with Gasteiger partial charge in [0.15, 0.2) is 28.9 Å².